The molecule has 1 heteroatoms. The smallest absolute Gasteiger partial charge is 0.0119 e. The van der Waals surface area contributed by atoms with E-state index < -0.39 is 0 Å². The fourth-order valence-corrected chi connectivity index (χ4v) is 3.72. The number of hydrogen-bond acceptors (Lipinski definition) is 0. The first-order valence-corrected chi connectivity index (χ1v) is 8.76. The quantitative estimate of drug-likeness (QED) is 0.598. The molecule has 1 fully saturated rings. The van der Waals surface area contributed by atoms with Gasteiger partial charge < -0.3 is 0 Å². The minimum absolute atomic E-state index is 0.292. The number of hydrogen-bond donors (Lipinski definition) is 0. The van der Waals surface area contributed by atoms with Crippen molar-refractivity contribution in [1.82, 2.24) is 0 Å². The summed E-state index contributed by atoms with van der Waals surface area (Å²) in [6, 6.07) is 0. The van der Waals surface area contributed by atoms with Gasteiger partial charge in [0.05, 0.1) is 0 Å². The summed E-state index contributed by atoms with van der Waals surface area (Å²) in [7, 11) is -0.292. The first-order chi connectivity index (χ1) is 6.54. The van der Waals surface area contributed by atoms with Crippen molar-refractivity contribution in [3.05, 3.63) is 12.7 Å². The normalized spacial score (nSPS) is 28.6. The van der Waals surface area contributed by atoms with E-state index in [9.17, 15) is 0 Å². The molecule has 14 heavy (non-hydrogen) atoms. The van der Waals surface area contributed by atoms with Crippen LogP contribution in [0.5, 0.6) is 0 Å². The molecule has 0 saturated heterocycles. The van der Waals surface area contributed by atoms with Crippen LogP contribution in [0.15, 0.2) is 12.7 Å². The van der Waals surface area contributed by atoms with Gasteiger partial charge >= 0.3 is 0 Å². The van der Waals surface area contributed by atoms with Gasteiger partial charge in [-0.2, -0.15) is 0 Å². The van der Waals surface area contributed by atoms with Gasteiger partial charge in [0.1, 0.15) is 0 Å². The maximum atomic E-state index is 3.88. The van der Waals surface area contributed by atoms with Crippen molar-refractivity contribution >= 4 is 10.0 Å². The molecule has 0 amide bonds. The second kappa shape index (κ2) is 6.55. The second-order valence-corrected chi connectivity index (χ2v) is 9.23. The van der Waals surface area contributed by atoms with E-state index in [0.717, 1.165) is 11.2 Å². The van der Waals surface area contributed by atoms with Gasteiger partial charge in [-0.3, -0.25) is 0 Å². The van der Waals surface area contributed by atoms with Crippen molar-refractivity contribution in [3.8, 4) is 0 Å². The molecular weight excluding hydrogens is 188 g/mol. The van der Waals surface area contributed by atoms with Crippen LogP contribution in [-0.4, -0.2) is 24.0 Å². The fourth-order valence-electron chi connectivity index (χ4n) is 2.03. The lowest BCUT2D eigenvalue weighted by Crippen LogP contribution is -2.22. The Bertz CT molecular complexity index is 147. The Balaban J connectivity index is 0.000000791. The molecule has 0 aliphatic heterocycles. The molecule has 1 rings (SSSR count). The number of rotatable bonds is 2. The molecule has 0 heterocycles. The molecule has 0 spiro atoms. The maximum absolute atomic E-state index is 3.88. The van der Waals surface area contributed by atoms with Gasteiger partial charge in [0.2, 0.25) is 0 Å². The van der Waals surface area contributed by atoms with E-state index in [1.54, 1.807) is 0 Å². The van der Waals surface area contributed by atoms with E-state index >= 15 is 0 Å². The molecule has 0 N–H and O–H groups in total. The Morgan fingerprint density at radius 3 is 1.71 bits per heavy atom. The molecule has 0 radical (unpaired) electrons. The molecule has 1 aliphatic carbocycles. The molecular formula is C13H28S. The Hall–Kier alpha value is 0.0900. The lowest BCUT2D eigenvalue weighted by atomic mass is 9.89. The Morgan fingerprint density at radius 2 is 1.43 bits per heavy atom. The van der Waals surface area contributed by atoms with Gasteiger partial charge in [-0.05, 0) is 55.6 Å². The third kappa shape index (κ3) is 4.54. The number of allylic oxidation sites excluding steroid dienone is 1. The molecule has 0 unspecified atom stereocenters. The summed E-state index contributed by atoms with van der Waals surface area (Å²) in [4.78, 5) is 0. The Kier molecular flexibility index (Phi) is 6.59. The molecule has 1 aliphatic rings. The van der Waals surface area contributed by atoms with Gasteiger partial charge in [-0.1, -0.05) is 19.9 Å². The third-order valence-electron chi connectivity index (χ3n) is 3.05. The topological polar surface area (TPSA) is 0 Å². The lowest BCUT2D eigenvalue weighted by Gasteiger charge is -2.40. The SMILES string of the molecule is C=CC1CCC(S(C)(C)C)CC1.CC. The first-order valence-electron chi connectivity index (χ1n) is 5.84. The Morgan fingerprint density at radius 1 is 1.00 bits per heavy atom. The summed E-state index contributed by atoms with van der Waals surface area (Å²) in [5, 5.41) is 1.02. The van der Waals surface area contributed by atoms with Gasteiger partial charge in [-0.15, -0.1) is 6.58 Å². The van der Waals surface area contributed by atoms with E-state index in [1.807, 2.05) is 13.8 Å². The summed E-state index contributed by atoms with van der Waals surface area (Å²) in [5.74, 6) is 0.822. The minimum atomic E-state index is -0.292. The zero-order chi connectivity index (χ0) is 11.2. The molecule has 0 aromatic rings. The van der Waals surface area contributed by atoms with Crippen molar-refractivity contribution in [3.63, 3.8) is 0 Å². The third-order valence-corrected chi connectivity index (χ3v) is 5.52. The summed E-state index contributed by atoms with van der Waals surface area (Å²) in [6.07, 6.45) is 15.2. The van der Waals surface area contributed by atoms with E-state index in [-0.39, 0.29) is 10.0 Å². The highest BCUT2D eigenvalue weighted by atomic mass is 32.3. The molecule has 0 nitrogen and oxygen atoms in total. The maximum Gasteiger partial charge on any atom is -0.0119 e. The monoisotopic (exact) mass is 216 g/mol. The van der Waals surface area contributed by atoms with Crippen molar-refractivity contribution in [2.24, 2.45) is 5.92 Å². The van der Waals surface area contributed by atoms with Gasteiger partial charge in [0, 0.05) is 0 Å². The van der Waals surface area contributed by atoms with Crippen LogP contribution in [-0.2, 0) is 0 Å². The Labute approximate surface area is 92.5 Å². The van der Waals surface area contributed by atoms with Crippen LogP contribution in [0.25, 0.3) is 0 Å². The highest BCUT2D eigenvalue weighted by Gasteiger charge is 2.25. The highest BCUT2D eigenvalue weighted by molar-refractivity contribution is 8.32. The van der Waals surface area contributed by atoms with Gasteiger partial charge in [0.15, 0.2) is 0 Å². The van der Waals surface area contributed by atoms with Crippen molar-refractivity contribution in [2.75, 3.05) is 18.8 Å². The molecule has 0 atom stereocenters. The largest absolute Gasteiger partial charge is 0.247 e. The van der Waals surface area contributed by atoms with Crippen LogP contribution in [0.2, 0.25) is 0 Å². The van der Waals surface area contributed by atoms with E-state index in [0.29, 0.717) is 0 Å². The zero-order valence-electron chi connectivity index (χ0n) is 10.7. The standard InChI is InChI=1S/C11H22S.C2H6/c1-5-10-6-8-11(9-7-10)12(2,3)4;1-2/h5,10-11H,1,6-9H2,2-4H3;1-2H3. The second-order valence-electron chi connectivity index (χ2n) is 4.70. The fraction of sp³-hybridized carbons (Fsp3) is 0.846. The van der Waals surface area contributed by atoms with E-state index in [1.165, 1.54) is 25.7 Å². The minimum Gasteiger partial charge on any atom is -0.247 e. The van der Waals surface area contributed by atoms with Crippen molar-refractivity contribution in [1.29, 1.82) is 0 Å². The van der Waals surface area contributed by atoms with E-state index in [4.69, 9.17) is 0 Å². The lowest BCUT2D eigenvalue weighted by molar-refractivity contribution is 0.427. The molecule has 0 aromatic heterocycles. The van der Waals surface area contributed by atoms with Crippen LogP contribution >= 0.6 is 10.0 Å². The van der Waals surface area contributed by atoms with Gasteiger partial charge in [-0.25, -0.2) is 10.0 Å². The van der Waals surface area contributed by atoms with Crippen LogP contribution in [0.1, 0.15) is 39.5 Å². The average molecular weight is 216 g/mol. The average Bonchev–Trinajstić information content (AvgIpc) is 2.20. The van der Waals surface area contributed by atoms with Crippen LogP contribution in [0, 0.1) is 5.92 Å². The summed E-state index contributed by atoms with van der Waals surface area (Å²) in [5.41, 5.74) is 0. The van der Waals surface area contributed by atoms with Crippen molar-refractivity contribution < 1.29 is 0 Å². The summed E-state index contributed by atoms with van der Waals surface area (Å²) < 4.78 is 0. The predicted molar refractivity (Wildman–Crippen MR) is 72.7 cm³/mol. The predicted octanol–water partition coefficient (Wildman–Crippen LogP) is 4.45. The van der Waals surface area contributed by atoms with Crippen molar-refractivity contribution in [2.45, 2.75) is 44.8 Å². The molecule has 0 aromatic carbocycles. The molecule has 1 saturated carbocycles. The zero-order valence-corrected chi connectivity index (χ0v) is 11.5. The van der Waals surface area contributed by atoms with E-state index in [2.05, 4.69) is 31.4 Å². The molecule has 0 bridgehead atoms. The summed E-state index contributed by atoms with van der Waals surface area (Å²) in [6.45, 7) is 7.88. The van der Waals surface area contributed by atoms with Crippen LogP contribution < -0.4 is 0 Å². The molecule has 86 valence electrons. The van der Waals surface area contributed by atoms with Gasteiger partial charge in [0.25, 0.3) is 0 Å². The summed E-state index contributed by atoms with van der Waals surface area (Å²) >= 11 is 0. The highest BCUT2D eigenvalue weighted by Crippen LogP contribution is 2.48. The van der Waals surface area contributed by atoms with Crippen LogP contribution in [0.3, 0.4) is 0 Å². The van der Waals surface area contributed by atoms with Crippen LogP contribution in [0.4, 0.5) is 0 Å². The first kappa shape index (κ1) is 14.1.